The molecule has 1 aromatic heterocycles. The molecule has 0 radical (unpaired) electrons. The Hall–Kier alpha value is -2.79. The van der Waals surface area contributed by atoms with E-state index in [0.29, 0.717) is 27.8 Å². The van der Waals surface area contributed by atoms with Crippen LogP contribution in [0, 0.1) is 19.3 Å². The zero-order valence-corrected chi connectivity index (χ0v) is 18.1. The number of hydrogen-bond acceptors (Lipinski definition) is 5. The third kappa shape index (κ3) is 3.27. The Kier molecular flexibility index (Phi) is 4.89. The Balaban J connectivity index is 2.03. The van der Waals surface area contributed by atoms with Gasteiger partial charge in [0.25, 0.3) is 10.0 Å². The van der Waals surface area contributed by atoms with Gasteiger partial charge in [0.1, 0.15) is 17.4 Å². The first-order valence-corrected chi connectivity index (χ1v) is 10.9. The van der Waals surface area contributed by atoms with E-state index in [1.54, 1.807) is 42.6 Å². The van der Waals surface area contributed by atoms with Crippen LogP contribution >= 0.6 is 0 Å². The van der Waals surface area contributed by atoms with Gasteiger partial charge in [-0.2, -0.15) is 0 Å². The van der Waals surface area contributed by atoms with Gasteiger partial charge in [0.15, 0.2) is 5.79 Å². The summed E-state index contributed by atoms with van der Waals surface area (Å²) >= 11 is 0. The molecule has 2 heterocycles. The predicted octanol–water partition coefficient (Wildman–Crippen LogP) is 4.00. The van der Waals surface area contributed by atoms with Crippen molar-refractivity contribution in [3.8, 4) is 18.1 Å². The van der Waals surface area contributed by atoms with E-state index >= 15 is 0 Å². The van der Waals surface area contributed by atoms with Gasteiger partial charge in [-0.1, -0.05) is 23.6 Å². The fourth-order valence-corrected chi connectivity index (χ4v) is 5.10. The van der Waals surface area contributed by atoms with E-state index in [1.165, 1.54) is 11.1 Å². The zero-order chi connectivity index (χ0) is 21.7. The number of aryl methyl sites for hydroxylation is 1. The number of ether oxygens (including phenoxy) is 3. The number of fused-ring (bicyclic) bond motifs is 1. The molecular weight excluding hydrogens is 402 g/mol. The summed E-state index contributed by atoms with van der Waals surface area (Å²) in [6.45, 7) is 5.83. The Labute approximate surface area is 176 Å². The van der Waals surface area contributed by atoms with Crippen LogP contribution in [0.15, 0.2) is 47.5 Å². The highest BCUT2D eigenvalue weighted by Crippen LogP contribution is 2.42. The van der Waals surface area contributed by atoms with Gasteiger partial charge in [-0.05, 0) is 45.0 Å². The third-order valence-electron chi connectivity index (χ3n) is 5.21. The second-order valence-corrected chi connectivity index (χ2v) is 9.51. The van der Waals surface area contributed by atoms with Crippen LogP contribution in [0.5, 0.6) is 5.75 Å². The summed E-state index contributed by atoms with van der Waals surface area (Å²) in [6.07, 6.45) is 6.86. The van der Waals surface area contributed by atoms with Crippen LogP contribution in [0.25, 0.3) is 10.9 Å². The van der Waals surface area contributed by atoms with Gasteiger partial charge in [-0.15, -0.1) is 6.42 Å². The van der Waals surface area contributed by atoms with Crippen molar-refractivity contribution >= 4 is 20.9 Å². The topological polar surface area (TPSA) is 66.8 Å². The van der Waals surface area contributed by atoms with Crippen molar-refractivity contribution in [3.05, 3.63) is 59.3 Å². The number of nitrogens with zero attached hydrogens (tertiary/aromatic N) is 1. The predicted molar refractivity (Wildman–Crippen MR) is 114 cm³/mol. The Morgan fingerprint density at radius 2 is 1.90 bits per heavy atom. The van der Waals surface area contributed by atoms with Crippen molar-refractivity contribution in [3.63, 3.8) is 0 Å². The largest absolute Gasteiger partial charge is 0.495 e. The van der Waals surface area contributed by atoms with Crippen LogP contribution < -0.4 is 4.74 Å². The van der Waals surface area contributed by atoms with Crippen LogP contribution in [0.2, 0.25) is 0 Å². The highest BCUT2D eigenvalue weighted by atomic mass is 32.2. The van der Waals surface area contributed by atoms with E-state index in [-0.39, 0.29) is 11.5 Å². The standard InChI is InChI=1S/C23H23NO5S/c1-6-16-9-12-19(27-5)22-21(16)18(20-14-28-23(3,4)29-20)13-24(22)30(25,26)17-10-7-15(2)8-11-17/h1,7-13,20H,14H2,2-5H3. The van der Waals surface area contributed by atoms with Gasteiger partial charge in [0, 0.05) is 22.7 Å². The van der Waals surface area contributed by atoms with E-state index in [4.69, 9.17) is 20.6 Å². The average Bonchev–Trinajstić information content (AvgIpc) is 3.28. The lowest BCUT2D eigenvalue weighted by molar-refractivity contribution is -0.138. The molecule has 1 unspecified atom stereocenters. The van der Waals surface area contributed by atoms with Crippen molar-refractivity contribution in [2.45, 2.75) is 37.6 Å². The molecule has 1 aliphatic rings. The monoisotopic (exact) mass is 425 g/mol. The SMILES string of the molecule is C#Cc1ccc(OC)c2c1c(C1COC(C)(C)O1)cn2S(=O)(=O)c1ccc(C)cc1. The lowest BCUT2D eigenvalue weighted by atomic mass is 10.0. The van der Waals surface area contributed by atoms with Crippen LogP contribution in [-0.2, 0) is 19.5 Å². The highest BCUT2D eigenvalue weighted by molar-refractivity contribution is 7.90. The minimum atomic E-state index is -3.91. The fourth-order valence-electron chi connectivity index (χ4n) is 3.72. The summed E-state index contributed by atoms with van der Waals surface area (Å²) in [5, 5.41) is 0.610. The third-order valence-corrected chi connectivity index (χ3v) is 6.89. The van der Waals surface area contributed by atoms with Crippen LogP contribution in [0.3, 0.4) is 0 Å². The van der Waals surface area contributed by atoms with Crippen molar-refractivity contribution in [2.24, 2.45) is 0 Å². The van der Waals surface area contributed by atoms with Crippen molar-refractivity contribution in [1.29, 1.82) is 0 Å². The van der Waals surface area contributed by atoms with Gasteiger partial charge in [-0.25, -0.2) is 12.4 Å². The molecule has 0 spiro atoms. The Morgan fingerprint density at radius 3 is 2.47 bits per heavy atom. The van der Waals surface area contributed by atoms with E-state index in [1.807, 2.05) is 20.8 Å². The van der Waals surface area contributed by atoms with Crippen molar-refractivity contribution in [2.75, 3.05) is 13.7 Å². The summed E-state index contributed by atoms with van der Waals surface area (Å²) in [5.41, 5.74) is 2.57. The molecule has 1 fully saturated rings. The summed E-state index contributed by atoms with van der Waals surface area (Å²) < 4.78 is 45.6. The van der Waals surface area contributed by atoms with Crippen LogP contribution in [0.4, 0.5) is 0 Å². The van der Waals surface area contributed by atoms with Crippen molar-refractivity contribution in [1.82, 2.24) is 3.97 Å². The van der Waals surface area contributed by atoms with Crippen molar-refractivity contribution < 1.29 is 22.6 Å². The average molecular weight is 426 g/mol. The molecule has 6 nitrogen and oxygen atoms in total. The van der Waals surface area contributed by atoms with Gasteiger partial charge < -0.3 is 14.2 Å². The lowest BCUT2D eigenvalue weighted by Gasteiger charge is -2.17. The van der Waals surface area contributed by atoms with Gasteiger partial charge >= 0.3 is 0 Å². The minimum absolute atomic E-state index is 0.175. The minimum Gasteiger partial charge on any atom is -0.495 e. The van der Waals surface area contributed by atoms with E-state index in [2.05, 4.69) is 5.92 Å². The molecule has 0 aliphatic carbocycles. The summed E-state index contributed by atoms with van der Waals surface area (Å²) in [7, 11) is -2.41. The first-order chi connectivity index (χ1) is 14.2. The number of methoxy groups -OCH3 is 1. The van der Waals surface area contributed by atoms with Crippen LogP contribution in [-0.4, -0.2) is 31.9 Å². The number of terminal acetylenes is 1. The van der Waals surface area contributed by atoms with Crippen LogP contribution in [0.1, 0.15) is 36.6 Å². The van der Waals surface area contributed by atoms with Gasteiger partial charge in [0.05, 0.1) is 18.6 Å². The first-order valence-electron chi connectivity index (χ1n) is 9.50. The summed E-state index contributed by atoms with van der Waals surface area (Å²) in [6, 6.07) is 10.1. The molecular formula is C23H23NO5S. The molecule has 7 heteroatoms. The number of aromatic nitrogens is 1. The molecule has 0 saturated carbocycles. The second-order valence-electron chi connectivity index (χ2n) is 7.70. The second kappa shape index (κ2) is 7.17. The zero-order valence-electron chi connectivity index (χ0n) is 17.3. The number of benzene rings is 2. The molecule has 4 rings (SSSR count). The molecule has 0 bridgehead atoms. The normalized spacial score (nSPS) is 18.4. The maximum absolute atomic E-state index is 13.6. The molecule has 156 valence electrons. The fraction of sp³-hybridized carbons (Fsp3) is 0.304. The maximum Gasteiger partial charge on any atom is 0.268 e. The van der Waals surface area contributed by atoms with Gasteiger partial charge in [0.2, 0.25) is 0 Å². The molecule has 1 saturated heterocycles. The highest BCUT2D eigenvalue weighted by Gasteiger charge is 2.37. The molecule has 3 aromatic rings. The summed E-state index contributed by atoms with van der Waals surface area (Å²) in [5.74, 6) is 2.29. The molecule has 1 atom stereocenters. The quantitative estimate of drug-likeness (QED) is 0.591. The molecule has 0 amide bonds. The van der Waals surface area contributed by atoms with Gasteiger partial charge in [-0.3, -0.25) is 0 Å². The summed E-state index contributed by atoms with van der Waals surface area (Å²) in [4.78, 5) is 0.175. The van der Waals surface area contributed by atoms with E-state index in [9.17, 15) is 8.42 Å². The maximum atomic E-state index is 13.6. The first kappa shape index (κ1) is 20.5. The Bertz CT molecular complexity index is 1260. The number of rotatable bonds is 4. The molecule has 30 heavy (non-hydrogen) atoms. The molecule has 0 N–H and O–H groups in total. The molecule has 1 aliphatic heterocycles. The van der Waals surface area contributed by atoms with E-state index in [0.717, 1.165) is 5.56 Å². The smallest absolute Gasteiger partial charge is 0.268 e. The number of hydrogen-bond donors (Lipinski definition) is 0. The molecule has 2 aromatic carbocycles. The Morgan fingerprint density at radius 1 is 1.20 bits per heavy atom. The lowest BCUT2D eigenvalue weighted by Crippen LogP contribution is -2.19. The van der Waals surface area contributed by atoms with E-state index < -0.39 is 21.9 Å².